The van der Waals surface area contributed by atoms with Crippen molar-refractivity contribution in [2.24, 2.45) is 40.4 Å². The lowest BCUT2D eigenvalue weighted by Gasteiger charge is -2.58. The van der Waals surface area contributed by atoms with Crippen molar-refractivity contribution in [2.75, 3.05) is 0 Å². The molecule has 2 N–H and O–H groups in total. The summed E-state index contributed by atoms with van der Waals surface area (Å²) in [6.45, 7) is 4.57. The smallest absolute Gasteiger partial charge is 0.303 e. The van der Waals surface area contributed by atoms with Crippen LogP contribution in [0.25, 0.3) is 0 Å². The number of aliphatic carboxylic acids is 1. The minimum Gasteiger partial charge on any atom is -0.481 e. The third-order valence-corrected chi connectivity index (χ3v) is 9.40. The average molecular weight is 370 g/mol. The second-order valence-electron chi connectivity index (χ2n) is 10.3. The first-order valence-corrected chi connectivity index (χ1v) is 10.6. The fourth-order valence-electron chi connectivity index (χ4n) is 7.89. The summed E-state index contributed by atoms with van der Waals surface area (Å²) in [4.78, 5) is 23.1. The predicted octanol–water partition coefficient (Wildman–Crippen LogP) is 3.75. The van der Waals surface area contributed by atoms with Gasteiger partial charge in [0.1, 0.15) is 0 Å². The number of hydrogen-bond acceptors (Lipinski definition) is 3. The summed E-state index contributed by atoms with van der Waals surface area (Å²) in [6.07, 6.45) is 11.5. The number of fused-ring (bicyclic) bond motifs is 7. The summed E-state index contributed by atoms with van der Waals surface area (Å²) in [5.41, 5.74) is 0.249. The Morgan fingerprint density at radius 2 is 2.04 bits per heavy atom. The van der Waals surface area contributed by atoms with Crippen molar-refractivity contribution in [1.29, 1.82) is 0 Å². The number of carboxylic acid groups (broad SMARTS) is 1. The fraction of sp³-hybridized carbons (Fsp3) is 0.739. The van der Waals surface area contributed by atoms with Gasteiger partial charge in [-0.15, -0.1) is 0 Å². The zero-order chi connectivity index (χ0) is 19.2. The van der Waals surface area contributed by atoms with Crippen LogP contribution in [0.4, 0.5) is 0 Å². The third kappa shape index (κ3) is 2.14. The minimum absolute atomic E-state index is 0.0542. The maximum Gasteiger partial charge on any atom is 0.303 e. The molecule has 5 aliphatic carbocycles. The molecule has 0 aromatic carbocycles. The Morgan fingerprint density at radius 3 is 2.78 bits per heavy atom. The van der Waals surface area contributed by atoms with Gasteiger partial charge in [0.05, 0.1) is 5.60 Å². The zero-order valence-electron chi connectivity index (χ0n) is 16.3. The molecule has 0 heterocycles. The Morgan fingerprint density at radius 1 is 1.26 bits per heavy atom. The quantitative estimate of drug-likeness (QED) is 0.793. The van der Waals surface area contributed by atoms with Gasteiger partial charge in [-0.05, 0) is 78.8 Å². The van der Waals surface area contributed by atoms with Gasteiger partial charge in [-0.25, -0.2) is 0 Å². The number of aliphatic hydroxyl groups is 1. The molecule has 5 rings (SSSR count). The van der Waals surface area contributed by atoms with Gasteiger partial charge in [0.25, 0.3) is 0 Å². The van der Waals surface area contributed by atoms with Crippen molar-refractivity contribution in [1.82, 2.24) is 0 Å². The Hall–Kier alpha value is -1.42. The van der Waals surface area contributed by atoms with E-state index < -0.39 is 11.6 Å². The lowest BCUT2D eigenvalue weighted by molar-refractivity contribution is -0.151. The number of rotatable bonds is 3. The van der Waals surface area contributed by atoms with E-state index in [1.165, 1.54) is 5.57 Å². The predicted molar refractivity (Wildman–Crippen MR) is 101 cm³/mol. The van der Waals surface area contributed by atoms with Crippen molar-refractivity contribution in [3.63, 3.8) is 0 Å². The molecule has 4 heteroatoms. The van der Waals surface area contributed by atoms with Crippen LogP contribution in [-0.2, 0) is 9.59 Å². The molecule has 146 valence electrons. The van der Waals surface area contributed by atoms with Crippen molar-refractivity contribution in [3.05, 3.63) is 23.8 Å². The number of carbonyl (C=O) groups is 2. The van der Waals surface area contributed by atoms with Crippen molar-refractivity contribution >= 4 is 11.8 Å². The molecule has 0 bridgehead atoms. The highest BCUT2D eigenvalue weighted by molar-refractivity contribution is 5.92. The third-order valence-electron chi connectivity index (χ3n) is 9.40. The Bertz CT molecular complexity index is 781. The maximum atomic E-state index is 11.9. The summed E-state index contributed by atoms with van der Waals surface area (Å²) in [7, 11) is 0. The standard InChI is InChI=1S/C23H30O4/c1-21-8-5-14(24)11-13(21)3-4-15-17(21)6-9-22(2)20(15)16-12-18(16)23(22,27)10-7-19(25)26/h3-4,11,15-18,20,27H,5-10,12H2,1-2H3,(H,25,26)/t15-,16+,17+,18-,20-,21+,22+,23+/m1/s1. The van der Waals surface area contributed by atoms with E-state index in [9.17, 15) is 19.8 Å². The van der Waals surface area contributed by atoms with Crippen LogP contribution in [0.1, 0.15) is 58.8 Å². The van der Waals surface area contributed by atoms with Crippen molar-refractivity contribution < 1.29 is 19.8 Å². The van der Waals surface area contributed by atoms with Gasteiger partial charge in [0, 0.05) is 18.3 Å². The molecule has 3 saturated carbocycles. The molecule has 0 unspecified atom stereocenters. The monoisotopic (exact) mass is 370 g/mol. The first-order valence-electron chi connectivity index (χ1n) is 10.6. The first kappa shape index (κ1) is 17.7. The molecule has 0 spiro atoms. The molecule has 5 aliphatic rings. The Balaban J connectivity index is 1.52. The van der Waals surface area contributed by atoms with Gasteiger partial charge < -0.3 is 10.2 Å². The molecular weight excluding hydrogens is 340 g/mol. The molecule has 0 radical (unpaired) electrons. The van der Waals surface area contributed by atoms with Crippen LogP contribution in [-0.4, -0.2) is 27.6 Å². The zero-order valence-corrected chi connectivity index (χ0v) is 16.3. The SMILES string of the molecule is C[C@]12CCC(=O)C=C1C=C[C@H]1[C@@H]3[C@H]4C[C@H]4[C@@](O)(CCC(=O)O)[C@@]3(C)CC[C@@H]12. The molecule has 8 atom stereocenters. The van der Waals surface area contributed by atoms with Gasteiger partial charge in [0.15, 0.2) is 5.78 Å². The van der Waals surface area contributed by atoms with Crippen LogP contribution in [0.5, 0.6) is 0 Å². The molecule has 0 saturated heterocycles. The molecular formula is C23H30O4. The van der Waals surface area contributed by atoms with E-state index in [2.05, 4.69) is 26.0 Å². The molecule has 3 fully saturated rings. The second-order valence-corrected chi connectivity index (χ2v) is 10.3. The van der Waals surface area contributed by atoms with E-state index in [4.69, 9.17) is 0 Å². The maximum absolute atomic E-state index is 11.9. The fourth-order valence-corrected chi connectivity index (χ4v) is 7.89. The van der Waals surface area contributed by atoms with E-state index in [1.807, 2.05) is 6.08 Å². The van der Waals surface area contributed by atoms with Gasteiger partial charge in [-0.2, -0.15) is 0 Å². The van der Waals surface area contributed by atoms with E-state index in [-0.39, 0.29) is 29.0 Å². The van der Waals surface area contributed by atoms with Gasteiger partial charge in [-0.3, -0.25) is 9.59 Å². The highest BCUT2D eigenvalue weighted by Crippen LogP contribution is 2.76. The summed E-state index contributed by atoms with van der Waals surface area (Å²) >= 11 is 0. The van der Waals surface area contributed by atoms with E-state index >= 15 is 0 Å². The Kier molecular flexibility index (Phi) is 3.49. The summed E-state index contributed by atoms with van der Waals surface area (Å²) in [6, 6.07) is 0. The highest BCUT2D eigenvalue weighted by Gasteiger charge is 2.75. The molecule has 0 amide bonds. The van der Waals surface area contributed by atoms with E-state index in [1.54, 1.807) is 0 Å². The number of allylic oxidation sites excluding steroid dienone is 4. The molecule has 0 aromatic heterocycles. The number of carboxylic acids is 1. The molecule has 4 nitrogen and oxygen atoms in total. The lowest BCUT2D eigenvalue weighted by Crippen LogP contribution is -2.56. The van der Waals surface area contributed by atoms with Crippen LogP contribution in [0.15, 0.2) is 23.8 Å². The van der Waals surface area contributed by atoms with Gasteiger partial charge >= 0.3 is 5.97 Å². The van der Waals surface area contributed by atoms with Crippen molar-refractivity contribution in [2.45, 2.75) is 64.4 Å². The van der Waals surface area contributed by atoms with Crippen LogP contribution in [0, 0.1) is 40.4 Å². The summed E-state index contributed by atoms with van der Waals surface area (Å²) < 4.78 is 0. The molecule has 0 aromatic rings. The largest absolute Gasteiger partial charge is 0.481 e. The average Bonchev–Trinajstić information content (AvgIpc) is 3.37. The Labute approximate surface area is 160 Å². The van der Waals surface area contributed by atoms with Gasteiger partial charge in [0.2, 0.25) is 0 Å². The van der Waals surface area contributed by atoms with Crippen LogP contribution >= 0.6 is 0 Å². The molecule has 27 heavy (non-hydrogen) atoms. The van der Waals surface area contributed by atoms with E-state index in [0.29, 0.717) is 36.5 Å². The lowest BCUT2D eigenvalue weighted by atomic mass is 9.47. The number of ketones is 1. The normalized spacial score (nSPS) is 52.3. The van der Waals surface area contributed by atoms with Gasteiger partial charge in [-0.1, -0.05) is 26.0 Å². The summed E-state index contributed by atoms with van der Waals surface area (Å²) in [5, 5.41) is 20.9. The van der Waals surface area contributed by atoms with Crippen molar-refractivity contribution in [3.8, 4) is 0 Å². The number of carbonyl (C=O) groups excluding carboxylic acids is 1. The first-order chi connectivity index (χ1) is 12.7. The van der Waals surface area contributed by atoms with E-state index in [0.717, 1.165) is 25.7 Å². The number of hydrogen-bond donors (Lipinski definition) is 2. The minimum atomic E-state index is -0.834. The topological polar surface area (TPSA) is 74.6 Å². The molecule has 0 aliphatic heterocycles. The van der Waals surface area contributed by atoms with Crippen LogP contribution in [0.2, 0.25) is 0 Å². The summed E-state index contributed by atoms with van der Waals surface area (Å²) in [5.74, 6) is 1.65. The second kappa shape index (κ2) is 5.34. The van der Waals surface area contributed by atoms with Crippen LogP contribution in [0.3, 0.4) is 0 Å². The van der Waals surface area contributed by atoms with Crippen LogP contribution < -0.4 is 0 Å². The highest BCUT2D eigenvalue weighted by atomic mass is 16.4.